The largest absolute Gasteiger partial charge is 0.573 e. The summed E-state index contributed by atoms with van der Waals surface area (Å²) in [6.07, 6.45) is -2.46. The first-order valence-corrected chi connectivity index (χ1v) is 11.2. The number of hydrogen-bond acceptors (Lipinski definition) is 8. The van der Waals surface area contributed by atoms with E-state index in [0.717, 1.165) is 16.0 Å². The molecule has 3 heterocycles. The standard InChI is InChI=1S/C21H16F3N5O2S2/c1-12(30)26-18-11-13(6-8-25-18)10-17-16(7-9-32-17)19-28-29-20(33-19)27-14-2-4-15(5-3-14)31-21(22,23)24/h2-9,11H,10H2,1H3,(H,27,29)(H,25,26,30). The zero-order valence-electron chi connectivity index (χ0n) is 17.0. The van der Waals surface area contributed by atoms with E-state index in [1.807, 2.05) is 23.6 Å². The highest BCUT2D eigenvalue weighted by Crippen LogP contribution is 2.35. The van der Waals surface area contributed by atoms with Gasteiger partial charge in [-0.3, -0.25) is 4.79 Å². The maximum absolute atomic E-state index is 12.3. The van der Waals surface area contributed by atoms with E-state index in [1.165, 1.54) is 42.5 Å². The Hall–Kier alpha value is -3.51. The van der Waals surface area contributed by atoms with Gasteiger partial charge in [-0.05, 0) is 53.4 Å². The molecule has 0 fully saturated rings. The maximum atomic E-state index is 12.3. The minimum Gasteiger partial charge on any atom is -0.406 e. The summed E-state index contributed by atoms with van der Waals surface area (Å²) in [5.74, 6) is 0.00622. The van der Waals surface area contributed by atoms with Crippen LogP contribution in [0.15, 0.2) is 54.0 Å². The number of aromatic nitrogens is 3. The van der Waals surface area contributed by atoms with E-state index in [-0.39, 0.29) is 11.7 Å². The van der Waals surface area contributed by atoms with Crippen LogP contribution in [-0.2, 0) is 11.2 Å². The molecule has 4 aromatic rings. The van der Waals surface area contributed by atoms with Gasteiger partial charge in [-0.25, -0.2) is 4.98 Å². The molecule has 0 radical (unpaired) electrons. The predicted molar refractivity (Wildman–Crippen MR) is 121 cm³/mol. The zero-order valence-corrected chi connectivity index (χ0v) is 18.6. The number of anilines is 3. The Bertz CT molecular complexity index is 1260. The molecule has 1 aromatic carbocycles. The van der Waals surface area contributed by atoms with Crippen molar-refractivity contribution >= 4 is 45.2 Å². The fourth-order valence-corrected chi connectivity index (χ4v) is 4.72. The van der Waals surface area contributed by atoms with Crippen LogP contribution in [0.25, 0.3) is 10.6 Å². The number of carbonyl (C=O) groups is 1. The number of amides is 1. The Morgan fingerprint density at radius 3 is 2.64 bits per heavy atom. The van der Waals surface area contributed by atoms with Crippen LogP contribution in [0.5, 0.6) is 5.75 Å². The monoisotopic (exact) mass is 491 g/mol. The summed E-state index contributed by atoms with van der Waals surface area (Å²) in [6, 6.07) is 11.0. The first-order valence-electron chi connectivity index (χ1n) is 9.51. The fourth-order valence-electron chi connectivity index (χ4n) is 2.93. The lowest BCUT2D eigenvalue weighted by atomic mass is 10.1. The van der Waals surface area contributed by atoms with Crippen LogP contribution in [0.2, 0.25) is 0 Å². The Labute approximate surface area is 194 Å². The van der Waals surface area contributed by atoms with Crippen molar-refractivity contribution in [3.05, 3.63) is 64.5 Å². The first kappa shape index (κ1) is 22.7. The molecule has 4 rings (SSSR count). The van der Waals surface area contributed by atoms with Crippen molar-refractivity contribution in [2.45, 2.75) is 19.7 Å². The molecule has 1 amide bonds. The van der Waals surface area contributed by atoms with Gasteiger partial charge in [0.05, 0.1) is 0 Å². The predicted octanol–water partition coefficient (Wildman–Crippen LogP) is 5.85. The molecule has 170 valence electrons. The summed E-state index contributed by atoms with van der Waals surface area (Å²) in [5, 5.41) is 17.3. The number of ether oxygens (including phenoxy) is 1. The SMILES string of the molecule is CC(=O)Nc1cc(Cc2sccc2-c2nnc(Nc3ccc(OC(F)(F)F)cc3)s2)ccn1. The Kier molecular flexibility index (Phi) is 6.56. The lowest BCUT2D eigenvalue weighted by Gasteiger charge is -2.09. The van der Waals surface area contributed by atoms with Crippen LogP contribution in [0.4, 0.5) is 29.8 Å². The van der Waals surface area contributed by atoms with Gasteiger partial charge in [-0.2, -0.15) is 0 Å². The Morgan fingerprint density at radius 2 is 1.91 bits per heavy atom. The lowest BCUT2D eigenvalue weighted by molar-refractivity contribution is -0.274. The molecule has 0 unspecified atom stereocenters. The third-order valence-corrected chi connectivity index (χ3v) is 6.03. The van der Waals surface area contributed by atoms with Crippen molar-refractivity contribution in [1.82, 2.24) is 15.2 Å². The van der Waals surface area contributed by atoms with E-state index in [1.54, 1.807) is 17.5 Å². The number of thiophene rings is 1. The number of hydrogen-bond donors (Lipinski definition) is 2. The van der Waals surface area contributed by atoms with Gasteiger partial charge >= 0.3 is 6.36 Å². The summed E-state index contributed by atoms with van der Waals surface area (Å²) in [6.45, 7) is 1.43. The van der Waals surface area contributed by atoms with Gasteiger partial charge in [0.1, 0.15) is 11.6 Å². The van der Waals surface area contributed by atoms with Gasteiger partial charge in [-0.1, -0.05) is 11.3 Å². The number of halogens is 3. The molecule has 0 aliphatic heterocycles. The van der Waals surface area contributed by atoms with E-state index in [9.17, 15) is 18.0 Å². The van der Waals surface area contributed by atoms with Crippen LogP contribution in [0, 0.1) is 0 Å². The van der Waals surface area contributed by atoms with E-state index in [0.29, 0.717) is 28.1 Å². The average Bonchev–Trinajstić information content (AvgIpc) is 3.37. The van der Waals surface area contributed by atoms with Crippen molar-refractivity contribution in [2.24, 2.45) is 0 Å². The Balaban J connectivity index is 1.46. The summed E-state index contributed by atoms with van der Waals surface area (Å²) in [4.78, 5) is 16.5. The molecular formula is C21H16F3N5O2S2. The molecule has 7 nitrogen and oxygen atoms in total. The van der Waals surface area contributed by atoms with Crippen LogP contribution < -0.4 is 15.4 Å². The number of nitrogens with one attached hydrogen (secondary N) is 2. The zero-order chi connectivity index (χ0) is 23.4. The first-order chi connectivity index (χ1) is 15.7. The highest BCUT2D eigenvalue weighted by atomic mass is 32.1. The smallest absolute Gasteiger partial charge is 0.406 e. The van der Waals surface area contributed by atoms with Crippen molar-refractivity contribution in [1.29, 1.82) is 0 Å². The topological polar surface area (TPSA) is 89.0 Å². The van der Waals surface area contributed by atoms with E-state index in [2.05, 4.69) is 30.6 Å². The average molecular weight is 492 g/mol. The minimum absolute atomic E-state index is 0.187. The van der Waals surface area contributed by atoms with Crippen LogP contribution in [0.3, 0.4) is 0 Å². The highest BCUT2D eigenvalue weighted by molar-refractivity contribution is 7.19. The van der Waals surface area contributed by atoms with Gasteiger partial charge in [0.2, 0.25) is 11.0 Å². The molecule has 0 spiro atoms. The molecule has 3 aromatic heterocycles. The van der Waals surface area contributed by atoms with Crippen LogP contribution in [-0.4, -0.2) is 27.5 Å². The molecule has 0 saturated carbocycles. The summed E-state index contributed by atoms with van der Waals surface area (Å²) in [7, 11) is 0. The second kappa shape index (κ2) is 9.55. The molecule has 33 heavy (non-hydrogen) atoms. The molecule has 0 saturated heterocycles. The van der Waals surface area contributed by atoms with Gasteiger partial charge in [-0.15, -0.1) is 34.7 Å². The number of benzene rings is 1. The fraction of sp³-hybridized carbons (Fsp3) is 0.143. The number of carbonyl (C=O) groups excluding carboxylic acids is 1. The third kappa shape index (κ3) is 6.26. The molecule has 0 atom stereocenters. The molecule has 0 aliphatic carbocycles. The molecule has 12 heteroatoms. The Morgan fingerprint density at radius 1 is 1.12 bits per heavy atom. The molecule has 0 bridgehead atoms. The second-order valence-corrected chi connectivity index (χ2v) is 8.75. The molecule has 2 N–H and O–H groups in total. The van der Waals surface area contributed by atoms with Crippen molar-refractivity contribution < 1.29 is 22.7 Å². The van der Waals surface area contributed by atoms with Gasteiger partial charge < -0.3 is 15.4 Å². The van der Waals surface area contributed by atoms with Crippen LogP contribution in [0.1, 0.15) is 17.4 Å². The number of nitrogens with zero attached hydrogens (tertiary/aromatic N) is 3. The molecule has 0 aliphatic rings. The van der Waals surface area contributed by atoms with E-state index in [4.69, 9.17) is 0 Å². The number of rotatable bonds is 7. The summed E-state index contributed by atoms with van der Waals surface area (Å²) < 4.78 is 40.7. The quantitative estimate of drug-likeness (QED) is 0.337. The minimum atomic E-state index is -4.73. The van der Waals surface area contributed by atoms with Crippen molar-refractivity contribution in [3.63, 3.8) is 0 Å². The van der Waals surface area contributed by atoms with Gasteiger partial charge in [0.25, 0.3) is 0 Å². The normalized spacial score (nSPS) is 11.3. The van der Waals surface area contributed by atoms with Gasteiger partial charge in [0, 0.05) is 35.7 Å². The number of alkyl halides is 3. The van der Waals surface area contributed by atoms with E-state index < -0.39 is 6.36 Å². The third-order valence-electron chi connectivity index (χ3n) is 4.23. The van der Waals surface area contributed by atoms with Crippen molar-refractivity contribution in [3.8, 4) is 16.3 Å². The highest BCUT2D eigenvalue weighted by Gasteiger charge is 2.31. The van der Waals surface area contributed by atoms with Crippen molar-refractivity contribution in [2.75, 3.05) is 10.6 Å². The summed E-state index contributed by atoms with van der Waals surface area (Å²) in [5.41, 5.74) is 2.49. The second-order valence-electron chi connectivity index (χ2n) is 6.77. The molecular weight excluding hydrogens is 475 g/mol. The van der Waals surface area contributed by atoms with Gasteiger partial charge in [0.15, 0.2) is 5.01 Å². The lowest BCUT2D eigenvalue weighted by Crippen LogP contribution is -2.16. The van der Waals surface area contributed by atoms with Crippen LogP contribution >= 0.6 is 22.7 Å². The van der Waals surface area contributed by atoms with E-state index >= 15 is 0 Å². The maximum Gasteiger partial charge on any atom is 0.573 e. The number of pyridine rings is 1. The summed E-state index contributed by atoms with van der Waals surface area (Å²) >= 11 is 2.91.